The first-order valence-corrected chi connectivity index (χ1v) is 14.0. The Labute approximate surface area is 247 Å². The lowest BCUT2D eigenvalue weighted by atomic mass is 9.84. The van der Waals surface area contributed by atoms with Crippen LogP contribution in [0.25, 0.3) is 5.57 Å². The van der Waals surface area contributed by atoms with Crippen LogP contribution >= 0.6 is 23.2 Å². The SMILES string of the molecule is O=C(CC(C(=O)c1ccc(C(=O)NC[C@@H](O)C(=O)O)cc1)c1ccc(C2=CCCCC2)cc1)c1cc(Cl)cc(Cl)c1. The molecule has 1 aliphatic rings. The average Bonchev–Trinajstić information content (AvgIpc) is 2.98. The average molecular weight is 594 g/mol. The number of carbonyl (C=O) groups is 4. The summed E-state index contributed by atoms with van der Waals surface area (Å²) >= 11 is 12.2. The van der Waals surface area contributed by atoms with Crippen molar-refractivity contribution in [1.29, 1.82) is 0 Å². The number of nitrogens with one attached hydrogen (secondary N) is 1. The number of halogens is 2. The van der Waals surface area contributed by atoms with E-state index in [0.717, 1.165) is 24.8 Å². The summed E-state index contributed by atoms with van der Waals surface area (Å²) in [4.78, 5) is 50.2. The standard InChI is InChI=1S/C32H29Cl2NO6/c33-25-14-24(15-26(34)16-25)28(36)17-27(21-8-6-20(7-9-21)19-4-2-1-3-5-19)30(38)22-10-12-23(13-11-22)31(39)35-18-29(37)32(40)41/h4,6-16,27,29,37H,1-3,5,17-18H2,(H,35,39)(H,40,41)/t27?,29-/m1/s1. The third-order valence-corrected chi connectivity index (χ3v) is 7.47. The van der Waals surface area contributed by atoms with Crippen LogP contribution in [0.2, 0.25) is 10.0 Å². The molecule has 0 radical (unpaired) electrons. The summed E-state index contributed by atoms with van der Waals surface area (Å²) in [7, 11) is 0. The van der Waals surface area contributed by atoms with Gasteiger partial charge in [0.2, 0.25) is 0 Å². The highest BCUT2D eigenvalue weighted by Gasteiger charge is 2.26. The number of aliphatic hydroxyl groups excluding tert-OH is 1. The first-order valence-electron chi connectivity index (χ1n) is 13.2. The highest BCUT2D eigenvalue weighted by Crippen LogP contribution is 2.31. The molecule has 0 saturated heterocycles. The van der Waals surface area contributed by atoms with E-state index in [9.17, 15) is 24.3 Å². The number of amides is 1. The smallest absolute Gasteiger partial charge is 0.334 e. The van der Waals surface area contributed by atoms with Gasteiger partial charge in [-0.15, -0.1) is 0 Å². The molecule has 0 spiro atoms. The van der Waals surface area contributed by atoms with Crippen LogP contribution in [0.1, 0.15) is 80.2 Å². The molecule has 0 bridgehead atoms. The first-order chi connectivity index (χ1) is 19.6. The largest absolute Gasteiger partial charge is 0.479 e. The van der Waals surface area contributed by atoms with E-state index >= 15 is 0 Å². The molecule has 0 fully saturated rings. The number of carboxylic acid groups (broad SMARTS) is 1. The maximum atomic E-state index is 13.8. The minimum atomic E-state index is -1.73. The predicted molar refractivity (Wildman–Crippen MR) is 158 cm³/mol. The molecule has 3 N–H and O–H groups in total. The summed E-state index contributed by atoms with van der Waals surface area (Å²) in [6, 6.07) is 18.1. The highest BCUT2D eigenvalue weighted by molar-refractivity contribution is 6.35. The molecule has 4 rings (SSSR count). The Kier molecular flexibility index (Phi) is 10.1. The molecule has 2 atom stereocenters. The summed E-state index contributed by atoms with van der Waals surface area (Å²) in [5, 5.41) is 21.1. The summed E-state index contributed by atoms with van der Waals surface area (Å²) in [6.07, 6.45) is 4.76. The second-order valence-corrected chi connectivity index (χ2v) is 10.8. The molecule has 1 unspecified atom stereocenters. The quantitative estimate of drug-likeness (QED) is 0.222. The monoisotopic (exact) mass is 593 g/mol. The van der Waals surface area contributed by atoms with Gasteiger partial charge in [0.05, 0.1) is 12.5 Å². The van der Waals surface area contributed by atoms with Crippen LogP contribution in [0.15, 0.2) is 72.8 Å². The third kappa shape index (κ3) is 7.91. The van der Waals surface area contributed by atoms with E-state index in [1.165, 1.54) is 54.5 Å². The predicted octanol–water partition coefficient (Wildman–Crippen LogP) is 6.37. The minimum absolute atomic E-state index is 0.118. The number of aliphatic carboxylic acids is 1. The number of rotatable bonds is 11. The van der Waals surface area contributed by atoms with Crippen LogP contribution in [0, 0.1) is 0 Å². The van der Waals surface area contributed by atoms with Gasteiger partial charge >= 0.3 is 5.97 Å². The van der Waals surface area contributed by atoms with Crippen LogP contribution < -0.4 is 5.32 Å². The first kappa shape index (κ1) is 30.2. The second kappa shape index (κ2) is 13.7. The molecule has 1 amide bonds. The number of carboxylic acids is 1. The van der Waals surface area contributed by atoms with E-state index in [1.807, 2.05) is 24.3 Å². The normalized spacial score (nSPS) is 14.5. The Hall–Kier alpha value is -3.78. The van der Waals surface area contributed by atoms with Crippen molar-refractivity contribution >= 4 is 52.2 Å². The maximum absolute atomic E-state index is 13.8. The van der Waals surface area contributed by atoms with Crippen LogP contribution in [0.5, 0.6) is 0 Å². The fourth-order valence-corrected chi connectivity index (χ4v) is 5.30. The van der Waals surface area contributed by atoms with Crippen molar-refractivity contribution in [2.24, 2.45) is 0 Å². The lowest BCUT2D eigenvalue weighted by Crippen LogP contribution is -2.36. The van der Waals surface area contributed by atoms with Crippen molar-refractivity contribution in [3.05, 3.63) is 111 Å². The number of aliphatic hydroxyl groups is 1. The topological polar surface area (TPSA) is 121 Å². The Balaban J connectivity index is 1.59. The van der Waals surface area contributed by atoms with Crippen LogP contribution in [0.3, 0.4) is 0 Å². The van der Waals surface area contributed by atoms with Crippen molar-refractivity contribution in [2.45, 2.75) is 44.1 Å². The lowest BCUT2D eigenvalue weighted by molar-refractivity contribution is -0.146. The van der Waals surface area contributed by atoms with Crippen LogP contribution in [0.4, 0.5) is 0 Å². The molecule has 3 aromatic carbocycles. The Morgan fingerprint density at radius 3 is 2.05 bits per heavy atom. The number of hydrogen-bond donors (Lipinski definition) is 3. The third-order valence-electron chi connectivity index (χ3n) is 7.04. The lowest BCUT2D eigenvalue weighted by Gasteiger charge is -2.18. The summed E-state index contributed by atoms with van der Waals surface area (Å²) in [6.45, 7) is -0.459. The van der Waals surface area contributed by atoms with E-state index in [-0.39, 0.29) is 23.6 Å². The van der Waals surface area contributed by atoms with E-state index in [2.05, 4.69) is 11.4 Å². The summed E-state index contributed by atoms with van der Waals surface area (Å²) in [5.41, 5.74) is 3.84. The van der Waals surface area contributed by atoms with Gasteiger partial charge in [0.1, 0.15) is 0 Å². The number of ketones is 2. The number of Topliss-reactive ketones (excluding diaryl/α,β-unsaturated/α-hetero) is 2. The van der Waals surface area contributed by atoms with Crippen molar-refractivity contribution in [3.63, 3.8) is 0 Å². The molecule has 212 valence electrons. The zero-order valence-electron chi connectivity index (χ0n) is 22.1. The van der Waals surface area contributed by atoms with Gasteiger partial charge in [-0.1, -0.05) is 65.7 Å². The van der Waals surface area contributed by atoms with Crippen molar-refractivity contribution in [3.8, 4) is 0 Å². The molecular formula is C32H29Cl2NO6. The Morgan fingerprint density at radius 2 is 1.46 bits per heavy atom. The van der Waals surface area contributed by atoms with E-state index in [1.54, 1.807) is 0 Å². The summed E-state index contributed by atoms with van der Waals surface area (Å²) < 4.78 is 0. The van der Waals surface area contributed by atoms with Crippen LogP contribution in [-0.4, -0.2) is 46.3 Å². The number of hydrogen-bond acceptors (Lipinski definition) is 5. The van der Waals surface area contributed by atoms with Gasteiger partial charge in [-0.25, -0.2) is 4.79 Å². The van der Waals surface area contributed by atoms with Gasteiger partial charge in [-0.2, -0.15) is 0 Å². The molecule has 1 aliphatic carbocycles. The van der Waals surface area contributed by atoms with Gasteiger partial charge in [-0.05, 0) is 72.7 Å². The Morgan fingerprint density at radius 1 is 0.829 bits per heavy atom. The summed E-state index contributed by atoms with van der Waals surface area (Å²) in [5.74, 6) is -3.44. The van der Waals surface area contributed by atoms with Crippen molar-refractivity contribution in [2.75, 3.05) is 6.54 Å². The van der Waals surface area contributed by atoms with Gasteiger partial charge < -0.3 is 15.5 Å². The zero-order valence-corrected chi connectivity index (χ0v) is 23.6. The molecular weight excluding hydrogens is 565 g/mol. The molecule has 3 aromatic rings. The van der Waals surface area contributed by atoms with Gasteiger partial charge in [0, 0.05) is 33.2 Å². The van der Waals surface area contributed by atoms with Crippen LogP contribution in [-0.2, 0) is 4.79 Å². The van der Waals surface area contributed by atoms with E-state index < -0.39 is 30.4 Å². The van der Waals surface area contributed by atoms with Crippen molar-refractivity contribution < 1.29 is 29.4 Å². The van der Waals surface area contributed by atoms with Gasteiger partial charge in [0.15, 0.2) is 17.7 Å². The highest BCUT2D eigenvalue weighted by atomic mass is 35.5. The Bertz CT molecular complexity index is 1460. The van der Waals surface area contributed by atoms with Crippen molar-refractivity contribution in [1.82, 2.24) is 5.32 Å². The molecule has 9 heteroatoms. The number of carbonyl (C=O) groups excluding carboxylic acids is 3. The molecule has 0 aliphatic heterocycles. The fourth-order valence-electron chi connectivity index (χ4n) is 4.78. The molecule has 0 aromatic heterocycles. The molecule has 7 nitrogen and oxygen atoms in total. The van der Waals surface area contributed by atoms with Gasteiger partial charge in [-0.3, -0.25) is 14.4 Å². The minimum Gasteiger partial charge on any atom is -0.479 e. The maximum Gasteiger partial charge on any atom is 0.334 e. The van der Waals surface area contributed by atoms with Gasteiger partial charge in [0.25, 0.3) is 5.91 Å². The fraction of sp³-hybridized carbons (Fsp3) is 0.250. The molecule has 0 saturated carbocycles. The number of benzene rings is 3. The van der Waals surface area contributed by atoms with E-state index in [0.29, 0.717) is 26.7 Å². The zero-order chi connectivity index (χ0) is 29.5. The van der Waals surface area contributed by atoms with E-state index in [4.69, 9.17) is 28.3 Å². The second-order valence-electron chi connectivity index (χ2n) is 9.94. The molecule has 41 heavy (non-hydrogen) atoms. The number of allylic oxidation sites excluding steroid dienone is 2. The molecule has 0 heterocycles.